The highest BCUT2D eigenvalue weighted by molar-refractivity contribution is 8.14. The molecule has 5 heteroatoms. The number of hydrogen-bond donors (Lipinski definition) is 0. The Morgan fingerprint density at radius 3 is 3.05 bits per heavy atom. The van der Waals surface area contributed by atoms with Crippen molar-refractivity contribution in [1.82, 2.24) is 4.90 Å². The minimum absolute atomic E-state index is 0.157. The second-order valence-electron chi connectivity index (χ2n) is 4.63. The van der Waals surface area contributed by atoms with Crippen molar-refractivity contribution < 1.29 is 9.53 Å². The first-order chi connectivity index (χ1) is 9.78. The summed E-state index contributed by atoms with van der Waals surface area (Å²) in [6, 6.07) is 10.4. The summed E-state index contributed by atoms with van der Waals surface area (Å²) in [7, 11) is 0. The lowest BCUT2D eigenvalue weighted by atomic mass is 10.1. The van der Waals surface area contributed by atoms with Crippen molar-refractivity contribution in [1.29, 1.82) is 0 Å². The van der Waals surface area contributed by atoms with Crippen molar-refractivity contribution in [2.45, 2.75) is 13.0 Å². The van der Waals surface area contributed by atoms with Gasteiger partial charge in [-0.15, -0.1) is 0 Å². The molecule has 20 heavy (non-hydrogen) atoms. The summed E-state index contributed by atoms with van der Waals surface area (Å²) in [5.41, 5.74) is 2.20. The highest BCUT2D eigenvalue weighted by Gasteiger charge is 2.34. The van der Waals surface area contributed by atoms with Gasteiger partial charge in [0.25, 0.3) is 0 Å². The molecule has 0 radical (unpaired) electrons. The molecule has 0 aliphatic carbocycles. The van der Waals surface area contributed by atoms with Crippen LogP contribution in [0.25, 0.3) is 0 Å². The second kappa shape index (κ2) is 5.71. The fraction of sp³-hybridized carbons (Fsp3) is 0.333. The van der Waals surface area contributed by atoms with Crippen LogP contribution >= 0.6 is 11.8 Å². The summed E-state index contributed by atoms with van der Waals surface area (Å²) in [4.78, 5) is 18.4. The van der Waals surface area contributed by atoms with Crippen molar-refractivity contribution in [2.75, 3.05) is 18.9 Å². The molecule has 1 aromatic rings. The van der Waals surface area contributed by atoms with Crippen molar-refractivity contribution in [3.63, 3.8) is 0 Å². The number of esters is 1. The van der Waals surface area contributed by atoms with Crippen LogP contribution in [0.2, 0.25) is 0 Å². The molecule has 3 rings (SSSR count). The molecule has 0 bridgehead atoms. The predicted molar refractivity (Wildman–Crippen MR) is 80.5 cm³/mol. The number of hydrogen-bond acceptors (Lipinski definition) is 5. The number of thioether (sulfide) groups is 1. The van der Waals surface area contributed by atoms with Gasteiger partial charge < -0.3 is 9.64 Å². The zero-order valence-electron chi connectivity index (χ0n) is 11.3. The molecule has 0 N–H and O–H groups in total. The summed E-state index contributed by atoms with van der Waals surface area (Å²) in [5.74, 6) is 0.520. The van der Waals surface area contributed by atoms with Crippen LogP contribution in [-0.2, 0) is 9.53 Å². The van der Waals surface area contributed by atoms with Gasteiger partial charge in [0.1, 0.15) is 0 Å². The molecule has 1 fully saturated rings. The molecule has 2 heterocycles. The monoisotopic (exact) mass is 288 g/mol. The van der Waals surface area contributed by atoms with Gasteiger partial charge in [0.15, 0.2) is 5.17 Å². The molecule has 4 nitrogen and oxygen atoms in total. The maximum atomic E-state index is 11.6. The quantitative estimate of drug-likeness (QED) is 0.633. The van der Waals surface area contributed by atoms with Crippen LogP contribution in [0.5, 0.6) is 0 Å². The van der Waals surface area contributed by atoms with Crippen LogP contribution in [0.1, 0.15) is 18.5 Å². The summed E-state index contributed by atoms with van der Waals surface area (Å²) >= 11 is 1.68. The Hall–Kier alpha value is -1.75. The fourth-order valence-corrected chi connectivity index (χ4v) is 3.43. The molecule has 1 unspecified atom stereocenters. The molecular formula is C15H16N2O2S. The Kier molecular flexibility index (Phi) is 3.78. The molecule has 0 saturated carbocycles. The lowest BCUT2D eigenvalue weighted by Crippen LogP contribution is -2.21. The van der Waals surface area contributed by atoms with Gasteiger partial charge >= 0.3 is 5.97 Å². The maximum Gasteiger partial charge on any atom is 0.332 e. The lowest BCUT2D eigenvalue weighted by Gasteiger charge is -2.15. The van der Waals surface area contributed by atoms with E-state index in [1.807, 2.05) is 25.1 Å². The largest absolute Gasteiger partial charge is 0.463 e. The Morgan fingerprint density at radius 1 is 1.50 bits per heavy atom. The van der Waals surface area contributed by atoms with Gasteiger partial charge in [-0.05, 0) is 12.5 Å². The predicted octanol–water partition coefficient (Wildman–Crippen LogP) is 2.59. The van der Waals surface area contributed by atoms with Crippen LogP contribution in [0.15, 0.2) is 47.1 Å². The number of carbonyl (C=O) groups is 1. The van der Waals surface area contributed by atoms with Crippen molar-refractivity contribution in [3.05, 3.63) is 47.7 Å². The molecule has 1 aromatic carbocycles. The Labute approximate surface area is 122 Å². The van der Waals surface area contributed by atoms with Crippen LogP contribution in [0, 0.1) is 0 Å². The first kappa shape index (κ1) is 13.2. The average molecular weight is 288 g/mol. The summed E-state index contributed by atoms with van der Waals surface area (Å²) < 4.78 is 4.97. The summed E-state index contributed by atoms with van der Waals surface area (Å²) in [5, 5.41) is 1.01. The van der Waals surface area contributed by atoms with Crippen molar-refractivity contribution >= 4 is 22.9 Å². The van der Waals surface area contributed by atoms with E-state index in [-0.39, 0.29) is 12.0 Å². The third kappa shape index (κ3) is 2.58. The Balaban J connectivity index is 1.75. The number of carbonyl (C=O) groups excluding carboxylic acids is 1. The molecule has 0 amide bonds. The zero-order chi connectivity index (χ0) is 13.9. The minimum Gasteiger partial charge on any atom is -0.463 e. The number of rotatable bonds is 3. The van der Waals surface area contributed by atoms with E-state index in [1.54, 1.807) is 17.8 Å². The average Bonchev–Trinajstić information content (AvgIpc) is 3.02. The summed E-state index contributed by atoms with van der Waals surface area (Å²) in [6.07, 6.45) is 1.59. The molecular weight excluding hydrogens is 272 g/mol. The topological polar surface area (TPSA) is 41.9 Å². The van der Waals surface area contributed by atoms with E-state index in [9.17, 15) is 4.79 Å². The molecule has 0 aromatic heterocycles. The van der Waals surface area contributed by atoms with Crippen LogP contribution in [-0.4, -0.2) is 34.9 Å². The Morgan fingerprint density at radius 2 is 2.30 bits per heavy atom. The third-order valence-electron chi connectivity index (χ3n) is 3.30. The van der Waals surface area contributed by atoms with Gasteiger partial charge in [-0.25, -0.2) is 4.79 Å². The normalized spacial score (nSPS) is 22.9. The van der Waals surface area contributed by atoms with E-state index in [4.69, 9.17) is 9.73 Å². The molecule has 2 aliphatic heterocycles. The highest BCUT2D eigenvalue weighted by atomic mass is 32.2. The zero-order valence-corrected chi connectivity index (χ0v) is 12.1. The van der Waals surface area contributed by atoms with Gasteiger partial charge in [-0.3, -0.25) is 4.99 Å². The first-order valence-corrected chi connectivity index (χ1v) is 7.67. The molecule has 1 saturated heterocycles. The second-order valence-corrected chi connectivity index (χ2v) is 5.57. The number of amidine groups is 1. The fourth-order valence-electron chi connectivity index (χ4n) is 2.36. The standard InChI is InChI=1S/C15H16N2O2S/c1-2-19-14(18)8-12-10-20-15-16-13(9-17(12)15)11-6-4-3-5-7-11/h3-8,13H,2,9-10H2,1H3. The van der Waals surface area contributed by atoms with Gasteiger partial charge in [0.2, 0.25) is 0 Å². The molecule has 0 spiro atoms. The van der Waals surface area contributed by atoms with E-state index < -0.39 is 0 Å². The smallest absolute Gasteiger partial charge is 0.332 e. The van der Waals surface area contributed by atoms with Crippen molar-refractivity contribution in [2.24, 2.45) is 4.99 Å². The number of nitrogens with zero attached hydrogens (tertiary/aromatic N) is 2. The van der Waals surface area contributed by atoms with E-state index in [2.05, 4.69) is 17.0 Å². The maximum absolute atomic E-state index is 11.6. The number of fused-ring (bicyclic) bond motifs is 1. The van der Waals surface area contributed by atoms with Gasteiger partial charge in [-0.1, -0.05) is 42.1 Å². The summed E-state index contributed by atoms with van der Waals surface area (Å²) in [6.45, 7) is 3.02. The minimum atomic E-state index is -0.271. The highest BCUT2D eigenvalue weighted by Crippen LogP contribution is 2.37. The molecule has 104 valence electrons. The van der Waals surface area contributed by atoms with E-state index >= 15 is 0 Å². The number of benzene rings is 1. The number of aliphatic imine (C=N–C) groups is 1. The van der Waals surface area contributed by atoms with Gasteiger partial charge in [0.05, 0.1) is 19.2 Å². The van der Waals surface area contributed by atoms with Crippen molar-refractivity contribution in [3.8, 4) is 0 Å². The van der Waals surface area contributed by atoms with Gasteiger partial charge in [-0.2, -0.15) is 0 Å². The third-order valence-corrected chi connectivity index (χ3v) is 4.33. The SMILES string of the molecule is CCOC(=O)C=C1CSC2=NC(c3ccccc3)CN12. The van der Waals surface area contributed by atoms with Crippen LogP contribution in [0.4, 0.5) is 0 Å². The van der Waals surface area contributed by atoms with E-state index in [1.165, 1.54) is 5.56 Å². The Bertz CT molecular complexity index is 568. The molecule has 1 atom stereocenters. The first-order valence-electron chi connectivity index (χ1n) is 6.68. The number of ether oxygens (including phenoxy) is 1. The van der Waals surface area contributed by atoms with Crippen LogP contribution < -0.4 is 0 Å². The van der Waals surface area contributed by atoms with Gasteiger partial charge in [0, 0.05) is 17.5 Å². The van der Waals surface area contributed by atoms with E-state index in [0.29, 0.717) is 6.61 Å². The molecule has 2 aliphatic rings. The van der Waals surface area contributed by atoms with E-state index in [0.717, 1.165) is 23.2 Å². The van der Waals surface area contributed by atoms with Crippen LogP contribution in [0.3, 0.4) is 0 Å². The lowest BCUT2D eigenvalue weighted by molar-refractivity contribution is -0.137.